The average Bonchev–Trinajstić information content (AvgIpc) is 3.05. The third-order valence-corrected chi connectivity index (χ3v) is 3.51. The lowest BCUT2D eigenvalue weighted by molar-refractivity contribution is -0.156. The summed E-state index contributed by atoms with van der Waals surface area (Å²) in [5.74, 6) is 0.152. The van der Waals surface area contributed by atoms with E-state index in [0.717, 1.165) is 32.5 Å². The minimum Gasteiger partial charge on any atom is -0.332 e. The molecule has 3 aliphatic rings. The summed E-state index contributed by atoms with van der Waals surface area (Å²) in [7, 11) is 0. The van der Waals surface area contributed by atoms with E-state index in [2.05, 4.69) is 0 Å². The number of piperazine rings is 1. The van der Waals surface area contributed by atoms with Crippen molar-refractivity contribution in [2.75, 3.05) is 19.6 Å². The monoisotopic (exact) mass is 208 g/mol. The van der Waals surface area contributed by atoms with Crippen molar-refractivity contribution in [2.45, 2.75) is 31.7 Å². The molecule has 3 fully saturated rings. The first-order chi connectivity index (χ1) is 7.25. The zero-order valence-corrected chi connectivity index (χ0v) is 8.82. The van der Waals surface area contributed by atoms with Gasteiger partial charge in [0.25, 0.3) is 0 Å². The van der Waals surface area contributed by atoms with Gasteiger partial charge in [-0.25, -0.2) is 0 Å². The van der Waals surface area contributed by atoms with E-state index >= 15 is 0 Å². The molecule has 2 aliphatic carbocycles. The summed E-state index contributed by atoms with van der Waals surface area (Å²) in [5.41, 5.74) is 0. The normalized spacial score (nSPS) is 27.5. The molecular formula is C11H16N2O2. The number of hydrogen-bond acceptors (Lipinski definition) is 2. The minimum atomic E-state index is -0.264. The van der Waals surface area contributed by atoms with Gasteiger partial charge < -0.3 is 9.80 Å². The van der Waals surface area contributed by atoms with E-state index in [1.54, 1.807) is 9.80 Å². The van der Waals surface area contributed by atoms with Gasteiger partial charge in [0.2, 0.25) is 0 Å². The second-order valence-corrected chi connectivity index (χ2v) is 4.92. The van der Waals surface area contributed by atoms with Crippen molar-refractivity contribution in [3.63, 3.8) is 0 Å². The predicted octanol–water partition coefficient (Wildman–Crippen LogP) is 0.230. The second-order valence-electron chi connectivity index (χ2n) is 4.92. The second kappa shape index (κ2) is 3.22. The predicted molar refractivity (Wildman–Crippen MR) is 54.0 cm³/mol. The van der Waals surface area contributed by atoms with Crippen molar-refractivity contribution >= 4 is 11.8 Å². The van der Waals surface area contributed by atoms with Crippen molar-refractivity contribution in [2.24, 2.45) is 5.92 Å². The smallest absolute Gasteiger partial charge is 0.312 e. The number of rotatable bonds is 3. The zero-order valence-electron chi connectivity index (χ0n) is 8.82. The van der Waals surface area contributed by atoms with Crippen LogP contribution < -0.4 is 0 Å². The molecule has 0 aromatic rings. The van der Waals surface area contributed by atoms with Gasteiger partial charge in [-0.1, -0.05) is 0 Å². The highest BCUT2D eigenvalue weighted by Gasteiger charge is 2.41. The Kier molecular flexibility index (Phi) is 1.97. The molecule has 0 aromatic carbocycles. The number of amides is 2. The molecule has 0 radical (unpaired) electrons. The number of carbonyl (C=O) groups is 2. The average molecular weight is 208 g/mol. The standard InChI is InChI=1S/C11H16N2O2/c14-10-11(15)13(9-3-4-9)6-5-12(10)7-8-1-2-8/h8-9H,1-7H2. The Labute approximate surface area is 89.2 Å². The molecule has 1 saturated heterocycles. The van der Waals surface area contributed by atoms with Crippen LogP contribution in [-0.2, 0) is 9.59 Å². The van der Waals surface area contributed by atoms with Gasteiger partial charge in [0.15, 0.2) is 0 Å². The lowest BCUT2D eigenvalue weighted by Crippen LogP contribution is -2.55. The third kappa shape index (κ3) is 1.73. The molecule has 3 rings (SSSR count). The van der Waals surface area contributed by atoms with Crippen molar-refractivity contribution in [3.05, 3.63) is 0 Å². The third-order valence-electron chi connectivity index (χ3n) is 3.51. The molecule has 15 heavy (non-hydrogen) atoms. The summed E-state index contributed by atoms with van der Waals surface area (Å²) >= 11 is 0. The van der Waals surface area contributed by atoms with E-state index in [9.17, 15) is 9.59 Å². The van der Waals surface area contributed by atoms with Crippen LogP contribution in [0.5, 0.6) is 0 Å². The SMILES string of the molecule is O=C1C(=O)N(C2CC2)CCN1CC1CC1. The molecule has 4 nitrogen and oxygen atoms in total. The van der Waals surface area contributed by atoms with Gasteiger partial charge in [0, 0.05) is 25.7 Å². The molecule has 4 heteroatoms. The Morgan fingerprint density at radius 3 is 2.33 bits per heavy atom. The molecule has 0 aromatic heterocycles. The van der Waals surface area contributed by atoms with Crippen LogP contribution in [0.25, 0.3) is 0 Å². The van der Waals surface area contributed by atoms with E-state index in [1.807, 2.05) is 0 Å². The molecule has 0 unspecified atom stereocenters. The van der Waals surface area contributed by atoms with Crippen LogP contribution in [0.1, 0.15) is 25.7 Å². The van der Waals surface area contributed by atoms with E-state index in [-0.39, 0.29) is 11.8 Å². The summed E-state index contributed by atoms with van der Waals surface area (Å²) in [4.78, 5) is 27.0. The Bertz CT molecular complexity index is 308. The number of carbonyl (C=O) groups excluding carboxylic acids is 2. The van der Waals surface area contributed by atoms with Crippen LogP contribution in [0.2, 0.25) is 0 Å². The Morgan fingerprint density at radius 1 is 1.00 bits per heavy atom. The molecular weight excluding hydrogens is 192 g/mol. The van der Waals surface area contributed by atoms with Crippen molar-refractivity contribution in [1.29, 1.82) is 0 Å². The maximum Gasteiger partial charge on any atom is 0.312 e. The summed E-state index contributed by atoms with van der Waals surface area (Å²) in [6.45, 7) is 2.31. The Hall–Kier alpha value is -1.06. The molecule has 0 bridgehead atoms. The first-order valence-corrected chi connectivity index (χ1v) is 5.85. The van der Waals surface area contributed by atoms with Crippen LogP contribution in [0, 0.1) is 5.92 Å². The van der Waals surface area contributed by atoms with Gasteiger partial charge >= 0.3 is 11.8 Å². The molecule has 2 saturated carbocycles. The van der Waals surface area contributed by atoms with Gasteiger partial charge in [-0.05, 0) is 31.6 Å². The van der Waals surface area contributed by atoms with Crippen LogP contribution in [0.4, 0.5) is 0 Å². The van der Waals surface area contributed by atoms with E-state index in [1.165, 1.54) is 12.8 Å². The quantitative estimate of drug-likeness (QED) is 0.623. The summed E-state index contributed by atoms with van der Waals surface area (Å²) in [5, 5.41) is 0. The van der Waals surface area contributed by atoms with Crippen LogP contribution in [0.15, 0.2) is 0 Å². The molecule has 1 aliphatic heterocycles. The fourth-order valence-electron chi connectivity index (χ4n) is 2.21. The van der Waals surface area contributed by atoms with Crippen molar-refractivity contribution in [3.8, 4) is 0 Å². The van der Waals surface area contributed by atoms with E-state index in [0.29, 0.717) is 12.0 Å². The Morgan fingerprint density at radius 2 is 1.73 bits per heavy atom. The van der Waals surface area contributed by atoms with Crippen molar-refractivity contribution in [1.82, 2.24) is 9.80 Å². The fraction of sp³-hybridized carbons (Fsp3) is 0.818. The Balaban J connectivity index is 1.64. The van der Waals surface area contributed by atoms with Gasteiger partial charge in [0.1, 0.15) is 0 Å². The molecule has 0 atom stereocenters. The van der Waals surface area contributed by atoms with E-state index in [4.69, 9.17) is 0 Å². The first-order valence-electron chi connectivity index (χ1n) is 5.85. The highest BCUT2D eigenvalue weighted by atomic mass is 16.2. The van der Waals surface area contributed by atoms with Gasteiger partial charge in [-0.3, -0.25) is 9.59 Å². The zero-order chi connectivity index (χ0) is 10.4. The topological polar surface area (TPSA) is 40.6 Å². The summed E-state index contributed by atoms with van der Waals surface area (Å²) in [6, 6.07) is 0.379. The summed E-state index contributed by atoms with van der Waals surface area (Å²) in [6.07, 6.45) is 4.62. The fourth-order valence-corrected chi connectivity index (χ4v) is 2.21. The van der Waals surface area contributed by atoms with Gasteiger partial charge in [0.05, 0.1) is 0 Å². The van der Waals surface area contributed by atoms with Gasteiger partial charge in [-0.2, -0.15) is 0 Å². The molecule has 1 heterocycles. The molecule has 82 valence electrons. The lowest BCUT2D eigenvalue weighted by Gasteiger charge is -2.33. The van der Waals surface area contributed by atoms with E-state index < -0.39 is 0 Å². The summed E-state index contributed by atoms with van der Waals surface area (Å²) < 4.78 is 0. The largest absolute Gasteiger partial charge is 0.332 e. The van der Waals surface area contributed by atoms with Gasteiger partial charge in [-0.15, -0.1) is 0 Å². The highest BCUT2D eigenvalue weighted by Crippen LogP contribution is 2.32. The molecule has 0 N–H and O–H groups in total. The number of nitrogens with zero attached hydrogens (tertiary/aromatic N) is 2. The maximum atomic E-state index is 11.8. The first kappa shape index (κ1) is 9.19. The number of hydrogen-bond donors (Lipinski definition) is 0. The van der Waals surface area contributed by atoms with Crippen LogP contribution in [-0.4, -0.2) is 47.3 Å². The lowest BCUT2D eigenvalue weighted by atomic mass is 10.2. The van der Waals surface area contributed by atoms with Crippen molar-refractivity contribution < 1.29 is 9.59 Å². The highest BCUT2D eigenvalue weighted by molar-refractivity contribution is 6.35. The molecule has 0 spiro atoms. The van der Waals surface area contributed by atoms with Crippen LogP contribution >= 0.6 is 0 Å². The minimum absolute atomic E-state index is 0.260. The van der Waals surface area contributed by atoms with Crippen LogP contribution in [0.3, 0.4) is 0 Å². The molecule has 2 amide bonds. The maximum absolute atomic E-state index is 11.8.